The normalized spacial score (nSPS) is 18.3. The number of H-pyrrole nitrogens is 1. The SMILES string of the molecule is CCN1CCCC1CNC(=O)c1cc(-c2ccc(Cl)cc2)n[nH]1. The van der Waals surface area contributed by atoms with Crippen molar-refractivity contribution in [2.24, 2.45) is 0 Å². The Bertz CT molecular complexity index is 667. The first-order valence-corrected chi connectivity index (χ1v) is 8.38. The van der Waals surface area contributed by atoms with Crippen molar-refractivity contribution in [3.63, 3.8) is 0 Å². The fourth-order valence-corrected chi connectivity index (χ4v) is 3.18. The van der Waals surface area contributed by atoms with Crippen molar-refractivity contribution in [1.82, 2.24) is 20.4 Å². The molecule has 122 valence electrons. The van der Waals surface area contributed by atoms with Gasteiger partial charge in [-0.2, -0.15) is 5.10 Å². The molecule has 0 spiro atoms. The highest BCUT2D eigenvalue weighted by Crippen LogP contribution is 2.20. The highest BCUT2D eigenvalue weighted by molar-refractivity contribution is 6.30. The number of aromatic amines is 1. The number of aromatic nitrogens is 2. The lowest BCUT2D eigenvalue weighted by molar-refractivity contribution is 0.0936. The molecule has 2 aromatic rings. The van der Waals surface area contributed by atoms with E-state index in [2.05, 4.69) is 27.3 Å². The van der Waals surface area contributed by atoms with Crippen molar-refractivity contribution in [2.75, 3.05) is 19.6 Å². The van der Waals surface area contributed by atoms with Crippen LogP contribution in [0.3, 0.4) is 0 Å². The quantitative estimate of drug-likeness (QED) is 0.885. The summed E-state index contributed by atoms with van der Waals surface area (Å²) in [7, 11) is 0. The lowest BCUT2D eigenvalue weighted by Gasteiger charge is -2.22. The predicted octanol–water partition coefficient (Wildman–Crippen LogP) is 2.94. The molecule has 1 aromatic carbocycles. The van der Waals surface area contributed by atoms with Gasteiger partial charge in [0.1, 0.15) is 5.69 Å². The molecule has 0 radical (unpaired) electrons. The van der Waals surface area contributed by atoms with Crippen LogP contribution in [-0.4, -0.2) is 46.7 Å². The molecule has 1 unspecified atom stereocenters. The molecule has 1 aliphatic rings. The third-order valence-corrected chi connectivity index (χ3v) is 4.62. The van der Waals surface area contributed by atoms with Crippen LogP contribution >= 0.6 is 11.6 Å². The number of nitrogens with one attached hydrogen (secondary N) is 2. The van der Waals surface area contributed by atoms with E-state index in [0.717, 1.165) is 30.8 Å². The summed E-state index contributed by atoms with van der Waals surface area (Å²) in [6.07, 6.45) is 2.35. The molecule has 0 aliphatic carbocycles. The number of likely N-dealkylation sites (tertiary alicyclic amines) is 1. The van der Waals surface area contributed by atoms with Gasteiger partial charge < -0.3 is 5.32 Å². The lowest BCUT2D eigenvalue weighted by atomic mass is 10.1. The Labute approximate surface area is 141 Å². The predicted molar refractivity (Wildman–Crippen MR) is 91.6 cm³/mol. The highest BCUT2D eigenvalue weighted by Gasteiger charge is 2.23. The van der Waals surface area contributed by atoms with Gasteiger partial charge in [-0.05, 0) is 44.1 Å². The maximum Gasteiger partial charge on any atom is 0.269 e. The topological polar surface area (TPSA) is 61.0 Å². The van der Waals surface area contributed by atoms with Gasteiger partial charge in [-0.1, -0.05) is 30.7 Å². The van der Waals surface area contributed by atoms with Crippen LogP contribution in [0.4, 0.5) is 0 Å². The second kappa shape index (κ2) is 7.15. The number of carbonyl (C=O) groups is 1. The molecule has 1 amide bonds. The number of rotatable bonds is 5. The van der Waals surface area contributed by atoms with Gasteiger partial charge in [0.25, 0.3) is 5.91 Å². The fourth-order valence-electron chi connectivity index (χ4n) is 3.05. The van der Waals surface area contributed by atoms with Crippen molar-refractivity contribution in [3.8, 4) is 11.3 Å². The number of amides is 1. The number of halogens is 1. The molecule has 2 heterocycles. The van der Waals surface area contributed by atoms with Gasteiger partial charge >= 0.3 is 0 Å². The van der Waals surface area contributed by atoms with Crippen LogP contribution in [0.15, 0.2) is 30.3 Å². The van der Waals surface area contributed by atoms with Crippen LogP contribution in [0.1, 0.15) is 30.3 Å². The monoisotopic (exact) mass is 332 g/mol. The molecule has 1 aromatic heterocycles. The number of hydrogen-bond donors (Lipinski definition) is 2. The lowest BCUT2D eigenvalue weighted by Crippen LogP contribution is -2.40. The van der Waals surface area contributed by atoms with Crippen molar-refractivity contribution < 1.29 is 4.79 Å². The highest BCUT2D eigenvalue weighted by atomic mass is 35.5. The molecule has 1 fully saturated rings. The van der Waals surface area contributed by atoms with E-state index in [-0.39, 0.29) is 5.91 Å². The zero-order valence-corrected chi connectivity index (χ0v) is 13.9. The number of benzene rings is 1. The number of carbonyl (C=O) groups excluding carboxylic acids is 1. The number of hydrogen-bond acceptors (Lipinski definition) is 3. The summed E-state index contributed by atoms with van der Waals surface area (Å²) in [5.41, 5.74) is 2.15. The van der Waals surface area contributed by atoms with E-state index in [1.807, 2.05) is 24.3 Å². The minimum atomic E-state index is -0.110. The van der Waals surface area contributed by atoms with Crippen LogP contribution < -0.4 is 5.32 Å². The van der Waals surface area contributed by atoms with E-state index in [0.29, 0.717) is 23.3 Å². The zero-order valence-electron chi connectivity index (χ0n) is 13.2. The summed E-state index contributed by atoms with van der Waals surface area (Å²) >= 11 is 5.89. The van der Waals surface area contributed by atoms with Gasteiger partial charge in [-0.15, -0.1) is 0 Å². The van der Waals surface area contributed by atoms with Crippen molar-refractivity contribution in [2.45, 2.75) is 25.8 Å². The maximum absolute atomic E-state index is 12.3. The van der Waals surface area contributed by atoms with Crippen LogP contribution in [0.25, 0.3) is 11.3 Å². The fraction of sp³-hybridized carbons (Fsp3) is 0.412. The largest absolute Gasteiger partial charge is 0.349 e. The first-order valence-electron chi connectivity index (χ1n) is 8.01. The molecule has 1 atom stereocenters. The van der Waals surface area contributed by atoms with E-state index in [4.69, 9.17) is 11.6 Å². The number of nitrogens with zero attached hydrogens (tertiary/aromatic N) is 2. The van der Waals surface area contributed by atoms with Gasteiger partial charge in [-0.25, -0.2) is 0 Å². The summed E-state index contributed by atoms with van der Waals surface area (Å²) in [4.78, 5) is 14.7. The van der Waals surface area contributed by atoms with E-state index >= 15 is 0 Å². The Morgan fingerprint density at radius 1 is 1.43 bits per heavy atom. The van der Waals surface area contributed by atoms with Gasteiger partial charge in [0.2, 0.25) is 0 Å². The van der Waals surface area contributed by atoms with Gasteiger partial charge in [0.05, 0.1) is 5.69 Å². The van der Waals surface area contributed by atoms with Gasteiger partial charge in [0, 0.05) is 23.2 Å². The Morgan fingerprint density at radius 3 is 2.96 bits per heavy atom. The molecular weight excluding hydrogens is 312 g/mol. The second-order valence-electron chi connectivity index (χ2n) is 5.81. The van der Waals surface area contributed by atoms with Gasteiger partial charge in [0.15, 0.2) is 0 Å². The smallest absolute Gasteiger partial charge is 0.269 e. The Kier molecular flexibility index (Phi) is 4.98. The van der Waals surface area contributed by atoms with E-state index in [9.17, 15) is 4.79 Å². The second-order valence-corrected chi connectivity index (χ2v) is 6.24. The van der Waals surface area contributed by atoms with Gasteiger partial charge in [-0.3, -0.25) is 14.8 Å². The Hall–Kier alpha value is -1.85. The number of likely N-dealkylation sites (N-methyl/N-ethyl adjacent to an activating group) is 1. The molecule has 0 saturated carbocycles. The van der Waals surface area contributed by atoms with E-state index in [1.54, 1.807) is 6.07 Å². The summed E-state index contributed by atoms with van der Waals surface area (Å²) in [5.74, 6) is -0.110. The first kappa shape index (κ1) is 16.0. The molecule has 1 saturated heterocycles. The summed E-state index contributed by atoms with van der Waals surface area (Å²) in [6.45, 7) is 5.00. The molecule has 1 aliphatic heterocycles. The minimum Gasteiger partial charge on any atom is -0.349 e. The molecule has 3 rings (SSSR count). The molecular formula is C17H21ClN4O. The Morgan fingerprint density at radius 2 is 2.22 bits per heavy atom. The molecule has 6 heteroatoms. The van der Waals surface area contributed by atoms with Crippen molar-refractivity contribution >= 4 is 17.5 Å². The van der Waals surface area contributed by atoms with Crippen LogP contribution in [0.2, 0.25) is 5.02 Å². The van der Waals surface area contributed by atoms with Crippen LogP contribution in [-0.2, 0) is 0 Å². The minimum absolute atomic E-state index is 0.110. The van der Waals surface area contributed by atoms with Crippen LogP contribution in [0, 0.1) is 0 Å². The average Bonchev–Trinajstić information content (AvgIpc) is 3.22. The van der Waals surface area contributed by atoms with Crippen molar-refractivity contribution in [3.05, 3.63) is 41.0 Å². The molecule has 5 nitrogen and oxygen atoms in total. The first-order chi connectivity index (χ1) is 11.2. The molecule has 0 bridgehead atoms. The third-order valence-electron chi connectivity index (χ3n) is 4.37. The maximum atomic E-state index is 12.3. The average molecular weight is 333 g/mol. The summed E-state index contributed by atoms with van der Waals surface area (Å²) < 4.78 is 0. The Balaban J connectivity index is 1.61. The standard InChI is InChI=1S/C17H21ClN4O/c1-2-22-9-3-4-14(22)11-19-17(23)16-10-15(20-21-16)12-5-7-13(18)8-6-12/h5-8,10,14H,2-4,9,11H2,1H3,(H,19,23)(H,20,21). The van der Waals surface area contributed by atoms with Crippen molar-refractivity contribution in [1.29, 1.82) is 0 Å². The van der Waals surface area contributed by atoms with E-state index in [1.165, 1.54) is 6.42 Å². The molecule has 2 N–H and O–H groups in total. The summed E-state index contributed by atoms with van der Waals surface area (Å²) in [5, 5.41) is 10.7. The molecule has 23 heavy (non-hydrogen) atoms. The van der Waals surface area contributed by atoms with Crippen LogP contribution in [0.5, 0.6) is 0 Å². The zero-order chi connectivity index (χ0) is 16.2. The van der Waals surface area contributed by atoms with E-state index < -0.39 is 0 Å². The third kappa shape index (κ3) is 3.74. The summed E-state index contributed by atoms with van der Waals surface area (Å²) in [6, 6.07) is 9.61.